The van der Waals surface area contributed by atoms with Crippen LogP contribution in [-0.4, -0.2) is 47.7 Å². The summed E-state index contributed by atoms with van der Waals surface area (Å²) in [5.74, 6) is -1.30. The molecule has 35 heavy (non-hydrogen) atoms. The molecule has 180 valence electrons. The molecule has 1 aliphatic rings. The molecule has 3 aromatic carbocycles. The van der Waals surface area contributed by atoms with E-state index >= 15 is 0 Å². The van der Waals surface area contributed by atoms with E-state index < -0.39 is 18.1 Å². The number of benzene rings is 3. The molecule has 4 rings (SSSR count). The van der Waals surface area contributed by atoms with Gasteiger partial charge in [0.25, 0.3) is 0 Å². The molecule has 2 N–H and O–H groups in total. The molecule has 0 aliphatic heterocycles. The summed E-state index contributed by atoms with van der Waals surface area (Å²) in [4.78, 5) is 38.1. The number of likely N-dealkylation sites (N-methyl/N-ethyl adjacent to an activating group) is 1. The second-order valence-corrected chi connectivity index (χ2v) is 8.63. The number of carboxylic acid groups (broad SMARTS) is 1. The first-order valence-corrected chi connectivity index (χ1v) is 11.6. The van der Waals surface area contributed by atoms with E-state index in [0.29, 0.717) is 13.0 Å². The van der Waals surface area contributed by atoms with Crippen molar-refractivity contribution in [2.24, 2.45) is 0 Å². The lowest BCUT2D eigenvalue weighted by atomic mass is 9.98. The molecule has 0 fully saturated rings. The van der Waals surface area contributed by atoms with Crippen molar-refractivity contribution >= 4 is 18.0 Å². The van der Waals surface area contributed by atoms with Gasteiger partial charge in [0.1, 0.15) is 12.6 Å². The molecular formula is C28H28N2O5. The number of nitrogens with zero attached hydrogens (tertiary/aromatic N) is 1. The predicted octanol–water partition coefficient (Wildman–Crippen LogP) is 4.66. The van der Waals surface area contributed by atoms with Crippen LogP contribution in [0.3, 0.4) is 0 Å². The summed E-state index contributed by atoms with van der Waals surface area (Å²) in [6, 6.07) is 21.8. The topological polar surface area (TPSA) is 95.9 Å². The number of hydrogen-bond acceptors (Lipinski definition) is 4. The van der Waals surface area contributed by atoms with Gasteiger partial charge < -0.3 is 20.1 Å². The molecule has 2 amide bonds. The van der Waals surface area contributed by atoms with Crippen molar-refractivity contribution in [3.63, 3.8) is 0 Å². The quantitative estimate of drug-likeness (QED) is 0.497. The maximum absolute atomic E-state index is 12.9. The Balaban J connectivity index is 1.35. The van der Waals surface area contributed by atoms with E-state index in [9.17, 15) is 14.4 Å². The van der Waals surface area contributed by atoms with Gasteiger partial charge in [-0.2, -0.15) is 0 Å². The molecule has 0 aromatic heterocycles. The van der Waals surface area contributed by atoms with Crippen molar-refractivity contribution < 1.29 is 24.2 Å². The molecule has 0 saturated heterocycles. The molecule has 0 heterocycles. The summed E-state index contributed by atoms with van der Waals surface area (Å²) in [5.41, 5.74) is 5.53. The zero-order chi connectivity index (χ0) is 24.9. The van der Waals surface area contributed by atoms with Crippen LogP contribution in [-0.2, 0) is 16.1 Å². The fourth-order valence-corrected chi connectivity index (χ4v) is 4.49. The normalized spacial score (nSPS) is 12.9. The smallest absolute Gasteiger partial charge is 0.407 e. The number of rotatable bonds is 8. The SMILES string of the molecule is CC[C@@H](NC(=O)OCC1c2ccccc2-c2ccccc21)C(=O)N(C)Cc1ccc(C(=O)O)cc1. The first-order valence-electron chi connectivity index (χ1n) is 11.6. The van der Waals surface area contributed by atoms with Crippen molar-refractivity contribution in [1.82, 2.24) is 10.2 Å². The number of nitrogens with one attached hydrogen (secondary N) is 1. The Morgan fingerprint density at radius 3 is 2.06 bits per heavy atom. The minimum Gasteiger partial charge on any atom is -0.478 e. The van der Waals surface area contributed by atoms with Crippen LogP contribution >= 0.6 is 0 Å². The summed E-state index contributed by atoms with van der Waals surface area (Å²) in [6.07, 6.45) is -0.225. The van der Waals surface area contributed by atoms with E-state index in [-0.39, 0.29) is 24.0 Å². The summed E-state index contributed by atoms with van der Waals surface area (Å²) in [5, 5.41) is 11.7. The lowest BCUT2D eigenvalue weighted by Crippen LogP contribution is -2.47. The highest BCUT2D eigenvalue weighted by molar-refractivity contribution is 5.88. The third kappa shape index (κ3) is 5.19. The molecule has 0 bridgehead atoms. The van der Waals surface area contributed by atoms with Crippen LogP contribution in [0.15, 0.2) is 72.8 Å². The molecular weight excluding hydrogens is 444 g/mol. The molecule has 0 unspecified atom stereocenters. The second-order valence-electron chi connectivity index (χ2n) is 8.63. The number of carbonyl (C=O) groups excluding carboxylic acids is 2. The van der Waals surface area contributed by atoms with Crippen LogP contribution in [0.4, 0.5) is 4.79 Å². The monoisotopic (exact) mass is 472 g/mol. The van der Waals surface area contributed by atoms with Crippen LogP contribution in [0.1, 0.15) is 46.3 Å². The van der Waals surface area contributed by atoms with Gasteiger partial charge in [-0.1, -0.05) is 67.6 Å². The van der Waals surface area contributed by atoms with E-state index in [1.165, 1.54) is 17.0 Å². The van der Waals surface area contributed by atoms with E-state index in [1.54, 1.807) is 19.2 Å². The fraction of sp³-hybridized carbons (Fsp3) is 0.250. The van der Waals surface area contributed by atoms with Gasteiger partial charge in [-0.05, 0) is 46.4 Å². The zero-order valence-electron chi connectivity index (χ0n) is 19.7. The average Bonchev–Trinajstić information content (AvgIpc) is 3.19. The van der Waals surface area contributed by atoms with Crippen LogP contribution in [0.2, 0.25) is 0 Å². The number of fused-ring (bicyclic) bond motifs is 3. The Morgan fingerprint density at radius 1 is 0.943 bits per heavy atom. The summed E-state index contributed by atoms with van der Waals surface area (Å²) >= 11 is 0. The second kappa shape index (κ2) is 10.4. The number of aromatic carboxylic acids is 1. The van der Waals surface area contributed by atoms with Crippen molar-refractivity contribution in [1.29, 1.82) is 0 Å². The third-order valence-corrected chi connectivity index (χ3v) is 6.34. The van der Waals surface area contributed by atoms with E-state index in [2.05, 4.69) is 29.6 Å². The number of ether oxygens (including phenoxy) is 1. The summed E-state index contributed by atoms with van der Waals surface area (Å²) in [6.45, 7) is 2.29. The van der Waals surface area contributed by atoms with Gasteiger partial charge in [-0.25, -0.2) is 9.59 Å². The van der Waals surface area contributed by atoms with Gasteiger partial charge in [0.2, 0.25) is 5.91 Å². The molecule has 1 aliphatic carbocycles. The molecule has 7 nitrogen and oxygen atoms in total. The molecule has 0 radical (unpaired) electrons. The summed E-state index contributed by atoms with van der Waals surface area (Å²) in [7, 11) is 1.65. The van der Waals surface area contributed by atoms with Gasteiger partial charge in [0.05, 0.1) is 5.56 Å². The fourth-order valence-electron chi connectivity index (χ4n) is 4.49. The highest BCUT2D eigenvalue weighted by Crippen LogP contribution is 2.44. The minimum atomic E-state index is -1.00. The lowest BCUT2D eigenvalue weighted by Gasteiger charge is -2.24. The number of hydrogen-bond donors (Lipinski definition) is 2. The van der Waals surface area contributed by atoms with Crippen LogP contribution in [0.5, 0.6) is 0 Å². The molecule has 1 atom stereocenters. The van der Waals surface area contributed by atoms with Gasteiger partial charge >= 0.3 is 12.1 Å². The Kier molecular flexibility index (Phi) is 7.15. The van der Waals surface area contributed by atoms with Crippen molar-refractivity contribution in [3.05, 3.63) is 95.1 Å². The van der Waals surface area contributed by atoms with Gasteiger partial charge in [-0.3, -0.25) is 4.79 Å². The van der Waals surface area contributed by atoms with E-state index in [4.69, 9.17) is 9.84 Å². The predicted molar refractivity (Wildman–Crippen MR) is 132 cm³/mol. The number of carboxylic acids is 1. The maximum Gasteiger partial charge on any atom is 0.407 e. The van der Waals surface area contributed by atoms with Crippen molar-refractivity contribution in [2.45, 2.75) is 31.8 Å². The number of carbonyl (C=O) groups is 3. The van der Waals surface area contributed by atoms with Crippen LogP contribution < -0.4 is 5.32 Å². The zero-order valence-corrected chi connectivity index (χ0v) is 19.7. The number of amides is 2. The van der Waals surface area contributed by atoms with Gasteiger partial charge in [-0.15, -0.1) is 0 Å². The number of alkyl carbamates (subject to hydrolysis) is 1. The van der Waals surface area contributed by atoms with Gasteiger partial charge in [0.15, 0.2) is 0 Å². The summed E-state index contributed by atoms with van der Waals surface area (Å²) < 4.78 is 5.58. The minimum absolute atomic E-state index is 0.0552. The van der Waals surface area contributed by atoms with E-state index in [1.807, 2.05) is 31.2 Å². The molecule has 0 spiro atoms. The first kappa shape index (κ1) is 24.0. The van der Waals surface area contributed by atoms with Gasteiger partial charge in [0, 0.05) is 19.5 Å². The largest absolute Gasteiger partial charge is 0.478 e. The van der Waals surface area contributed by atoms with Crippen molar-refractivity contribution in [3.8, 4) is 11.1 Å². The Hall–Kier alpha value is -4.13. The standard InChI is InChI=1S/C28H28N2O5/c1-3-25(26(31)30(2)16-18-12-14-19(15-13-18)27(32)33)29-28(34)35-17-24-22-10-6-4-8-20(22)21-9-5-7-11-23(21)24/h4-15,24-25H,3,16-17H2,1-2H3,(H,29,34)(H,32,33)/t25-/m1/s1. The Bertz CT molecular complexity index is 1190. The lowest BCUT2D eigenvalue weighted by molar-refractivity contribution is -0.132. The molecule has 0 saturated carbocycles. The Labute approximate surface area is 204 Å². The molecule has 7 heteroatoms. The van der Waals surface area contributed by atoms with Crippen LogP contribution in [0, 0.1) is 0 Å². The highest BCUT2D eigenvalue weighted by Gasteiger charge is 2.30. The third-order valence-electron chi connectivity index (χ3n) is 6.34. The molecule has 3 aromatic rings. The maximum atomic E-state index is 12.9. The first-order chi connectivity index (χ1) is 16.9. The van der Waals surface area contributed by atoms with Crippen LogP contribution in [0.25, 0.3) is 11.1 Å². The van der Waals surface area contributed by atoms with Crippen molar-refractivity contribution in [2.75, 3.05) is 13.7 Å². The van der Waals surface area contributed by atoms with E-state index in [0.717, 1.165) is 27.8 Å². The highest BCUT2D eigenvalue weighted by atomic mass is 16.5. The average molecular weight is 473 g/mol. The Morgan fingerprint density at radius 2 is 1.51 bits per heavy atom.